The van der Waals surface area contributed by atoms with E-state index in [1.165, 1.54) is 12.1 Å². The molecule has 0 radical (unpaired) electrons. The molecule has 0 N–H and O–H groups in total. The van der Waals surface area contributed by atoms with Crippen molar-refractivity contribution in [3.05, 3.63) is 29.6 Å². The van der Waals surface area contributed by atoms with Gasteiger partial charge in [0.05, 0.1) is 13.0 Å². The van der Waals surface area contributed by atoms with E-state index in [-0.39, 0.29) is 5.75 Å². The van der Waals surface area contributed by atoms with Gasteiger partial charge in [0.2, 0.25) is 0 Å². The summed E-state index contributed by atoms with van der Waals surface area (Å²) in [4.78, 5) is 0. The second-order valence-corrected chi connectivity index (χ2v) is 3.98. The maximum Gasteiger partial charge on any atom is 0.392 e. The standard InChI is InChI=1S/C13H11ClF4O/c14-7-2-1-3-10-4-5-11(15)12(9-10)19-8-6-13(16,17)18/h4-5,9H,2,6-8H2. The molecule has 0 bridgehead atoms. The molecular weight excluding hydrogens is 284 g/mol. The quantitative estimate of drug-likeness (QED) is 0.461. The Balaban J connectivity index is 2.67. The first-order valence-corrected chi connectivity index (χ1v) is 6.00. The van der Waals surface area contributed by atoms with Crippen LogP contribution < -0.4 is 4.74 Å². The maximum atomic E-state index is 13.3. The van der Waals surface area contributed by atoms with Crippen molar-refractivity contribution in [2.24, 2.45) is 0 Å². The molecule has 0 aliphatic carbocycles. The topological polar surface area (TPSA) is 9.23 Å². The minimum absolute atomic E-state index is 0.234. The van der Waals surface area contributed by atoms with Gasteiger partial charge in [-0.2, -0.15) is 13.2 Å². The molecule has 0 saturated heterocycles. The minimum atomic E-state index is -4.33. The number of alkyl halides is 4. The molecule has 1 nitrogen and oxygen atoms in total. The van der Waals surface area contributed by atoms with E-state index in [9.17, 15) is 17.6 Å². The van der Waals surface area contributed by atoms with Gasteiger partial charge in [0.25, 0.3) is 0 Å². The smallest absolute Gasteiger partial charge is 0.392 e. The zero-order chi connectivity index (χ0) is 14.3. The monoisotopic (exact) mass is 294 g/mol. The lowest BCUT2D eigenvalue weighted by Gasteiger charge is -2.09. The Kier molecular flexibility index (Phi) is 5.97. The average Bonchev–Trinajstić information content (AvgIpc) is 2.31. The third kappa shape index (κ3) is 6.35. The van der Waals surface area contributed by atoms with Gasteiger partial charge in [0.1, 0.15) is 0 Å². The first-order valence-electron chi connectivity index (χ1n) is 5.46. The van der Waals surface area contributed by atoms with E-state index >= 15 is 0 Å². The highest BCUT2D eigenvalue weighted by molar-refractivity contribution is 6.18. The van der Waals surface area contributed by atoms with Gasteiger partial charge >= 0.3 is 6.18 Å². The Labute approximate surface area is 113 Å². The lowest BCUT2D eigenvalue weighted by Crippen LogP contribution is -2.13. The normalized spacial score (nSPS) is 10.8. The van der Waals surface area contributed by atoms with E-state index < -0.39 is 25.0 Å². The van der Waals surface area contributed by atoms with Crippen LogP contribution in [0.4, 0.5) is 17.6 Å². The van der Waals surface area contributed by atoms with E-state index in [0.29, 0.717) is 17.9 Å². The van der Waals surface area contributed by atoms with Crippen LogP contribution >= 0.6 is 11.6 Å². The Morgan fingerprint density at radius 3 is 2.63 bits per heavy atom. The van der Waals surface area contributed by atoms with Crippen molar-refractivity contribution in [1.82, 2.24) is 0 Å². The second kappa shape index (κ2) is 7.25. The van der Waals surface area contributed by atoms with Crippen molar-refractivity contribution in [2.75, 3.05) is 12.5 Å². The van der Waals surface area contributed by atoms with Crippen LogP contribution in [-0.2, 0) is 0 Å². The van der Waals surface area contributed by atoms with Crippen LogP contribution in [0.25, 0.3) is 0 Å². The van der Waals surface area contributed by atoms with E-state index in [1.54, 1.807) is 0 Å². The molecule has 0 saturated carbocycles. The fraction of sp³-hybridized carbons (Fsp3) is 0.385. The molecule has 0 heterocycles. The van der Waals surface area contributed by atoms with Crippen LogP contribution in [0.15, 0.2) is 18.2 Å². The summed E-state index contributed by atoms with van der Waals surface area (Å²) in [6.07, 6.45) is -4.98. The second-order valence-electron chi connectivity index (χ2n) is 3.60. The molecule has 0 aliphatic heterocycles. The summed E-state index contributed by atoms with van der Waals surface area (Å²) in [7, 11) is 0. The number of rotatable bonds is 4. The third-order valence-electron chi connectivity index (χ3n) is 2.03. The van der Waals surface area contributed by atoms with Crippen molar-refractivity contribution < 1.29 is 22.3 Å². The highest BCUT2D eigenvalue weighted by Crippen LogP contribution is 2.22. The van der Waals surface area contributed by atoms with Crippen LogP contribution in [-0.4, -0.2) is 18.7 Å². The zero-order valence-corrected chi connectivity index (χ0v) is 10.6. The molecule has 6 heteroatoms. The average molecular weight is 295 g/mol. The fourth-order valence-corrected chi connectivity index (χ4v) is 1.27. The fourth-order valence-electron chi connectivity index (χ4n) is 1.18. The predicted octanol–water partition coefficient (Wildman–Crippen LogP) is 4.14. The largest absolute Gasteiger partial charge is 0.490 e. The summed E-state index contributed by atoms with van der Waals surface area (Å²) < 4.78 is 53.9. The SMILES string of the molecule is Fc1ccc(C#CCCCl)cc1OCCC(F)(F)F. The van der Waals surface area contributed by atoms with Gasteiger partial charge in [0, 0.05) is 17.9 Å². The number of benzene rings is 1. The molecule has 0 spiro atoms. The van der Waals surface area contributed by atoms with Crippen molar-refractivity contribution in [2.45, 2.75) is 19.0 Å². The molecule has 1 aromatic rings. The summed E-state index contributed by atoms with van der Waals surface area (Å²) in [6, 6.07) is 3.80. The highest BCUT2D eigenvalue weighted by atomic mass is 35.5. The Morgan fingerprint density at radius 2 is 2.00 bits per heavy atom. The Morgan fingerprint density at radius 1 is 1.26 bits per heavy atom. The summed E-state index contributed by atoms with van der Waals surface area (Å²) in [5, 5.41) is 0. The number of ether oxygens (including phenoxy) is 1. The number of halogens is 5. The molecule has 0 aromatic heterocycles. The zero-order valence-electron chi connectivity index (χ0n) is 9.86. The minimum Gasteiger partial charge on any atom is -0.490 e. The van der Waals surface area contributed by atoms with Crippen LogP contribution in [0, 0.1) is 17.7 Å². The summed E-state index contributed by atoms with van der Waals surface area (Å²) in [5.41, 5.74) is 0.466. The lowest BCUT2D eigenvalue weighted by atomic mass is 10.2. The van der Waals surface area contributed by atoms with Gasteiger partial charge < -0.3 is 4.74 Å². The van der Waals surface area contributed by atoms with Crippen molar-refractivity contribution in [1.29, 1.82) is 0 Å². The highest BCUT2D eigenvalue weighted by Gasteiger charge is 2.27. The summed E-state index contributed by atoms with van der Waals surface area (Å²) in [6.45, 7) is -0.626. The van der Waals surface area contributed by atoms with Gasteiger partial charge in [-0.3, -0.25) is 0 Å². The first kappa shape index (κ1) is 15.6. The Bertz CT molecular complexity index is 474. The molecule has 1 rings (SSSR count). The maximum absolute atomic E-state index is 13.3. The molecule has 0 fully saturated rings. The van der Waals surface area contributed by atoms with E-state index in [2.05, 4.69) is 11.8 Å². The number of hydrogen-bond donors (Lipinski definition) is 0. The van der Waals surface area contributed by atoms with Crippen molar-refractivity contribution in [3.63, 3.8) is 0 Å². The molecule has 0 unspecified atom stereocenters. The molecular formula is C13H11ClF4O. The molecule has 19 heavy (non-hydrogen) atoms. The number of hydrogen-bond acceptors (Lipinski definition) is 1. The lowest BCUT2D eigenvalue weighted by molar-refractivity contribution is -0.139. The van der Waals surface area contributed by atoms with E-state index in [0.717, 1.165) is 6.07 Å². The van der Waals surface area contributed by atoms with Crippen LogP contribution in [0.2, 0.25) is 0 Å². The van der Waals surface area contributed by atoms with Gasteiger partial charge in [0.15, 0.2) is 11.6 Å². The molecule has 104 valence electrons. The molecule has 1 aromatic carbocycles. The van der Waals surface area contributed by atoms with Gasteiger partial charge in [-0.1, -0.05) is 11.8 Å². The molecule has 0 atom stereocenters. The Hall–Kier alpha value is -1.41. The molecule has 0 aliphatic rings. The van der Waals surface area contributed by atoms with Crippen molar-refractivity contribution in [3.8, 4) is 17.6 Å². The van der Waals surface area contributed by atoms with Crippen LogP contribution in [0.1, 0.15) is 18.4 Å². The van der Waals surface area contributed by atoms with Gasteiger partial charge in [-0.05, 0) is 18.2 Å². The summed E-state index contributed by atoms with van der Waals surface area (Å²) >= 11 is 5.44. The van der Waals surface area contributed by atoms with Crippen LogP contribution in [0.5, 0.6) is 5.75 Å². The van der Waals surface area contributed by atoms with Gasteiger partial charge in [-0.15, -0.1) is 11.6 Å². The first-order chi connectivity index (χ1) is 8.92. The van der Waals surface area contributed by atoms with E-state index in [1.807, 2.05) is 0 Å². The third-order valence-corrected chi connectivity index (χ3v) is 2.22. The van der Waals surface area contributed by atoms with E-state index in [4.69, 9.17) is 16.3 Å². The summed E-state index contributed by atoms with van der Waals surface area (Å²) in [5.74, 6) is 4.88. The predicted molar refractivity (Wildman–Crippen MR) is 64.8 cm³/mol. The van der Waals surface area contributed by atoms with Crippen molar-refractivity contribution >= 4 is 11.6 Å². The van der Waals surface area contributed by atoms with Crippen LogP contribution in [0.3, 0.4) is 0 Å². The van der Waals surface area contributed by atoms with Gasteiger partial charge in [-0.25, -0.2) is 4.39 Å². The molecule has 0 amide bonds.